The standard InChI is InChI=1S/C59H88N6O16/c1-30(2)51(60)56(70)65-42(8-7-19-62-57(61)71)55(69)64-35-11-9-34(10-12-35)29-74-58(72)63-28-37(67)24-48-52(73-6)41-23-36(66)22-39-14-16-45-54(77-39)50-26-49(78-45)53-43(68)27-59(80-50,81-53)18-17-40-21-32(4)44(75-40)15-13-38-20-31(3)33(5)46(76-38)25-47(41)79-48/h9-12,30-31,37-54,67-68H,4-5,7-8,13-29,60H2,1-3,6H3,(H,63,72)(H,64,69)(H,65,70)(H3,61,62,71)/t31-,37+,38+,39?,40?,41?,42?,43-,44?,45?,46?,47?,48-,49-,50?,51+,52-,53?,54+,59-/m1/s1. The highest BCUT2D eigenvalue weighted by Gasteiger charge is 2.60. The predicted octanol–water partition coefficient (Wildman–Crippen LogP) is 4.24. The van der Waals surface area contributed by atoms with Crippen molar-refractivity contribution in [2.24, 2.45) is 29.2 Å². The van der Waals surface area contributed by atoms with Crippen LogP contribution in [0.15, 0.2) is 48.6 Å². The summed E-state index contributed by atoms with van der Waals surface area (Å²) in [5, 5.41) is 33.3. The maximum absolute atomic E-state index is 14.4. The predicted molar refractivity (Wildman–Crippen MR) is 294 cm³/mol. The van der Waals surface area contributed by atoms with Crippen LogP contribution in [0.4, 0.5) is 15.3 Å². The monoisotopic (exact) mass is 1140 g/mol. The van der Waals surface area contributed by atoms with E-state index in [1.165, 1.54) is 0 Å². The van der Waals surface area contributed by atoms with Crippen LogP contribution >= 0.6 is 0 Å². The summed E-state index contributed by atoms with van der Waals surface area (Å²) in [6.07, 6.45) is 0.680. The molecule has 9 rings (SSSR count). The Kier molecular flexibility index (Phi) is 20.3. The zero-order chi connectivity index (χ0) is 57.7. The zero-order valence-electron chi connectivity index (χ0n) is 47.5. The average Bonchev–Trinajstić information content (AvgIpc) is 4.21. The van der Waals surface area contributed by atoms with E-state index in [-0.39, 0.29) is 112 Å². The third-order valence-electron chi connectivity index (χ3n) is 18.0. The van der Waals surface area contributed by atoms with E-state index in [2.05, 4.69) is 41.3 Å². The van der Waals surface area contributed by atoms with E-state index in [4.69, 9.17) is 54.1 Å². The van der Waals surface area contributed by atoms with Gasteiger partial charge in [-0.2, -0.15) is 0 Å². The molecule has 0 aliphatic carbocycles. The van der Waals surface area contributed by atoms with Gasteiger partial charge in [-0.1, -0.05) is 46.1 Å². The molecule has 0 aromatic heterocycles. The summed E-state index contributed by atoms with van der Waals surface area (Å²) in [7, 11) is 1.59. The molecule has 8 aliphatic heterocycles. The molecule has 1 spiro atoms. The molecular formula is C59H88N6O16. The summed E-state index contributed by atoms with van der Waals surface area (Å²) < 4.78 is 59.0. The van der Waals surface area contributed by atoms with Gasteiger partial charge in [0.05, 0.1) is 85.4 Å². The summed E-state index contributed by atoms with van der Waals surface area (Å²) in [6, 6.07) is 4.15. The summed E-state index contributed by atoms with van der Waals surface area (Å²) in [4.78, 5) is 64.6. The van der Waals surface area contributed by atoms with E-state index in [9.17, 15) is 34.2 Å². The van der Waals surface area contributed by atoms with Crippen molar-refractivity contribution in [3.8, 4) is 0 Å². The second-order valence-corrected chi connectivity index (χ2v) is 24.4. The molecular weight excluding hydrogens is 1050 g/mol. The molecule has 0 saturated carbocycles. The van der Waals surface area contributed by atoms with Crippen molar-refractivity contribution in [3.63, 3.8) is 0 Å². The third kappa shape index (κ3) is 15.2. The SMILES string of the molecule is C=C1CC2CC[C@]34C[C@@H](O)C(O3)[C@H]3CC(O4)[C@H]4OC(CCC4O3)CC(=O)CC3C(CC4O[C@@H](CCC1O2)C[C@@H](C)C4=C)O[C@H](C[C@H](O)CNC(=O)OCc1ccc(NC(=O)C(CCCNC(N)=O)NC(=O)[C@@H](N)C(C)C)cc1)[C@@H]3OC. The molecule has 5 amide bonds. The highest BCUT2D eigenvalue weighted by molar-refractivity contribution is 5.97. The highest BCUT2D eigenvalue weighted by Crippen LogP contribution is 2.49. The lowest BCUT2D eigenvalue weighted by Crippen LogP contribution is -2.58. The Morgan fingerprint density at radius 2 is 1.58 bits per heavy atom. The van der Waals surface area contributed by atoms with Crippen LogP contribution in [0.2, 0.25) is 0 Å². The molecule has 8 heterocycles. The summed E-state index contributed by atoms with van der Waals surface area (Å²) in [5.74, 6) is -2.36. The van der Waals surface area contributed by atoms with Gasteiger partial charge in [0.15, 0.2) is 5.79 Å². The Morgan fingerprint density at radius 1 is 0.827 bits per heavy atom. The fourth-order valence-corrected chi connectivity index (χ4v) is 13.5. The minimum Gasteiger partial charge on any atom is -0.445 e. The zero-order valence-corrected chi connectivity index (χ0v) is 47.5. The summed E-state index contributed by atoms with van der Waals surface area (Å²) >= 11 is 0. The maximum Gasteiger partial charge on any atom is 0.407 e. The number of ether oxygens (including phenoxy) is 9. The number of urea groups is 1. The second kappa shape index (κ2) is 27.0. The first-order chi connectivity index (χ1) is 38.7. The van der Waals surface area contributed by atoms with Gasteiger partial charge >= 0.3 is 12.1 Å². The van der Waals surface area contributed by atoms with E-state index in [0.717, 1.165) is 36.8 Å². The van der Waals surface area contributed by atoms with Crippen molar-refractivity contribution >= 4 is 35.4 Å². The Labute approximate surface area is 475 Å². The number of Topliss-reactive ketones (excluding diaryl/α,β-unsaturated/α-hetero) is 1. The first-order valence-corrected chi connectivity index (χ1v) is 29.5. The van der Waals surface area contributed by atoms with E-state index in [0.29, 0.717) is 62.6 Å². The van der Waals surface area contributed by atoms with Crippen LogP contribution in [0.25, 0.3) is 0 Å². The maximum atomic E-state index is 14.4. The summed E-state index contributed by atoms with van der Waals surface area (Å²) in [5.41, 5.74) is 14.3. The lowest BCUT2D eigenvalue weighted by atomic mass is 9.81. The number of methoxy groups -OCH3 is 1. The minimum atomic E-state index is -1.07. The molecule has 8 aliphatic rings. The van der Waals surface area contributed by atoms with Gasteiger partial charge in [-0.3, -0.25) is 14.4 Å². The Balaban J connectivity index is 0.817. The molecule has 1 aromatic carbocycles. The van der Waals surface area contributed by atoms with Gasteiger partial charge in [-0.25, -0.2) is 9.59 Å². The van der Waals surface area contributed by atoms with Crippen molar-refractivity contribution in [3.05, 3.63) is 54.1 Å². The van der Waals surface area contributed by atoms with Crippen LogP contribution in [-0.2, 0) is 63.6 Å². The van der Waals surface area contributed by atoms with Crippen LogP contribution in [0.1, 0.15) is 129 Å². The molecule has 10 N–H and O–H groups in total. The number of aliphatic hydroxyl groups excluding tert-OH is 2. The normalized spacial score (nSPS) is 37.0. The van der Waals surface area contributed by atoms with Crippen LogP contribution in [-0.4, -0.2) is 170 Å². The number of amides is 5. The fourth-order valence-electron chi connectivity index (χ4n) is 13.5. The molecule has 8 saturated heterocycles. The Morgan fingerprint density at radius 3 is 2.33 bits per heavy atom. The number of carbonyl (C=O) groups is 5. The number of hydrogen-bond acceptors (Lipinski definition) is 17. The topological polar surface area (TPSA) is 309 Å². The average molecular weight is 1140 g/mol. The smallest absolute Gasteiger partial charge is 0.407 e. The number of carbonyl (C=O) groups excluding carboxylic acids is 5. The minimum absolute atomic E-state index is 0.000137. The van der Waals surface area contributed by atoms with Crippen molar-refractivity contribution in [1.82, 2.24) is 16.0 Å². The number of rotatable bonds is 16. The molecule has 8 fully saturated rings. The fraction of sp³-hybridized carbons (Fsp3) is 0.746. The van der Waals surface area contributed by atoms with Crippen molar-refractivity contribution in [2.45, 2.75) is 240 Å². The number of hydrogen-bond donors (Lipinski definition) is 8. The number of primary amides is 1. The molecule has 10 bridgehead atoms. The number of nitrogens with two attached hydrogens (primary N) is 2. The lowest BCUT2D eigenvalue weighted by Gasteiger charge is -2.47. The van der Waals surface area contributed by atoms with E-state index < -0.39 is 90.5 Å². The molecule has 450 valence electrons. The molecule has 10 unspecified atom stereocenters. The lowest BCUT2D eigenvalue weighted by molar-refractivity contribution is -0.277. The number of benzene rings is 1. The van der Waals surface area contributed by atoms with Gasteiger partial charge < -0.3 is 85.6 Å². The highest BCUT2D eigenvalue weighted by atomic mass is 16.7. The number of ketones is 1. The molecule has 22 heteroatoms. The second-order valence-electron chi connectivity index (χ2n) is 24.4. The third-order valence-corrected chi connectivity index (χ3v) is 18.0. The van der Waals surface area contributed by atoms with Gasteiger partial charge in [0.25, 0.3) is 0 Å². The van der Waals surface area contributed by atoms with Gasteiger partial charge in [0, 0.05) is 76.8 Å². The van der Waals surface area contributed by atoms with E-state index >= 15 is 0 Å². The largest absolute Gasteiger partial charge is 0.445 e. The van der Waals surface area contributed by atoms with Gasteiger partial charge in [-0.15, -0.1) is 0 Å². The van der Waals surface area contributed by atoms with Crippen LogP contribution in [0.3, 0.4) is 0 Å². The number of fused-ring (bicyclic) bond motifs is 9. The number of aliphatic hydroxyl groups is 2. The van der Waals surface area contributed by atoms with Crippen molar-refractivity contribution in [2.75, 3.05) is 25.5 Å². The number of nitrogens with one attached hydrogen (secondary N) is 4. The van der Waals surface area contributed by atoms with Crippen LogP contribution in [0, 0.1) is 17.8 Å². The van der Waals surface area contributed by atoms with Crippen molar-refractivity contribution < 1.29 is 76.8 Å². The van der Waals surface area contributed by atoms with Crippen molar-refractivity contribution in [1.29, 1.82) is 0 Å². The quantitative estimate of drug-likeness (QED) is 0.0848. The van der Waals surface area contributed by atoms with Gasteiger partial charge in [-0.05, 0) is 98.5 Å². The first kappa shape index (κ1) is 61.0. The van der Waals surface area contributed by atoms with E-state index in [1.807, 2.05) is 0 Å². The first-order valence-electron chi connectivity index (χ1n) is 29.5. The Bertz CT molecular complexity index is 2400. The molecule has 81 heavy (non-hydrogen) atoms. The van der Waals surface area contributed by atoms with Gasteiger partial charge in [0.2, 0.25) is 11.8 Å². The summed E-state index contributed by atoms with van der Waals surface area (Å²) in [6.45, 7) is 14.6. The number of anilines is 1. The number of alkyl carbamates (subject to hydrolysis) is 1. The van der Waals surface area contributed by atoms with Gasteiger partial charge in [0.1, 0.15) is 30.6 Å². The molecule has 0 radical (unpaired) electrons. The van der Waals surface area contributed by atoms with Crippen LogP contribution < -0.4 is 32.7 Å². The molecule has 20 atom stereocenters. The van der Waals surface area contributed by atoms with Crippen LogP contribution in [0.5, 0.6) is 0 Å². The van der Waals surface area contributed by atoms with E-state index in [1.54, 1.807) is 45.2 Å². The molecule has 1 aromatic rings. The molecule has 22 nitrogen and oxygen atoms in total. The Hall–Kier alpha value is -4.59.